The number of aryl methyl sites for hydroxylation is 1. The van der Waals surface area contributed by atoms with Crippen LogP contribution in [0.3, 0.4) is 0 Å². The van der Waals surface area contributed by atoms with E-state index in [-0.39, 0.29) is 11.9 Å². The van der Waals surface area contributed by atoms with Crippen molar-refractivity contribution < 1.29 is 18.8 Å². The van der Waals surface area contributed by atoms with Crippen LogP contribution in [0.5, 0.6) is 11.5 Å². The van der Waals surface area contributed by atoms with Gasteiger partial charge in [-0.3, -0.25) is 4.79 Å². The highest BCUT2D eigenvalue weighted by Gasteiger charge is 2.32. The Bertz CT molecular complexity index is 756. The van der Waals surface area contributed by atoms with Gasteiger partial charge in [0.2, 0.25) is 5.91 Å². The van der Waals surface area contributed by atoms with Gasteiger partial charge < -0.3 is 18.9 Å². The van der Waals surface area contributed by atoms with Crippen LogP contribution in [-0.2, 0) is 17.6 Å². The molecule has 1 aromatic carbocycles. The highest BCUT2D eigenvalue weighted by molar-refractivity contribution is 5.79. The first kappa shape index (κ1) is 18.3. The summed E-state index contributed by atoms with van der Waals surface area (Å²) >= 11 is 0. The number of nitrogens with zero attached hydrogens (tertiary/aromatic N) is 2. The maximum Gasteiger partial charge on any atom is 0.227 e. The number of carbonyl (C=O) groups is 1. The molecule has 1 amide bonds. The largest absolute Gasteiger partial charge is 0.493 e. The molecule has 1 aromatic heterocycles. The summed E-state index contributed by atoms with van der Waals surface area (Å²) in [6.07, 6.45) is 4.13. The summed E-state index contributed by atoms with van der Waals surface area (Å²) in [4.78, 5) is 14.8. The minimum Gasteiger partial charge on any atom is -0.493 e. The Morgan fingerprint density at radius 3 is 2.81 bits per heavy atom. The first-order valence-corrected chi connectivity index (χ1v) is 9.12. The summed E-state index contributed by atoms with van der Waals surface area (Å²) in [5.74, 6) is 2.28. The fourth-order valence-corrected chi connectivity index (χ4v) is 3.49. The van der Waals surface area contributed by atoms with Gasteiger partial charge in [0.15, 0.2) is 11.5 Å². The van der Waals surface area contributed by atoms with Crippen molar-refractivity contribution in [1.82, 2.24) is 10.1 Å². The van der Waals surface area contributed by atoms with E-state index in [0.29, 0.717) is 17.9 Å². The van der Waals surface area contributed by atoms with Gasteiger partial charge in [0.25, 0.3) is 0 Å². The second-order valence-corrected chi connectivity index (χ2v) is 6.58. The zero-order chi connectivity index (χ0) is 18.5. The molecule has 1 saturated heterocycles. The van der Waals surface area contributed by atoms with Crippen LogP contribution in [0.15, 0.2) is 28.8 Å². The summed E-state index contributed by atoms with van der Waals surface area (Å²) in [5.41, 5.74) is 1.77. The average Bonchev–Trinajstić information content (AvgIpc) is 3.31. The quantitative estimate of drug-likeness (QED) is 0.757. The van der Waals surface area contributed by atoms with Gasteiger partial charge in [-0.2, -0.15) is 0 Å². The Kier molecular flexibility index (Phi) is 5.81. The van der Waals surface area contributed by atoms with Gasteiger partial charge in [-0.25, -0.2) is 0 Å². The predicted molar refractivity (Wildman–Crippen MR) is 97.4 cm³/mol. The van der Waals surface area contributed by atoms with Crippen LogP contribution in [0.25, 0.3) is 0 Å². The van der Waals surface area contributed by atoms with Crippen LogP contribution in [0.4, 0.5) is 0 Å². The number of rotatable bonds is 7. The minimum absolute atomic E-state index is 0.0111. The summed E-state index contributed by atoms with van der Waals surface area (Å²) in [7, 11) is 3.20. The second-order valence-electron chi connectivity index (χ2n) is 6.58. The molecule has 6 heteroatoms. The van der Waals surface area contributed by atoms with E-state index in [1.54, 1.807) is 14.2 Å². The molecule has 140 valence electrons. The van der Waals surface area contributed by atoms with Crippen molar-refractivity contribution in [3.8, 4) is 11.5 Å². The molecule has 2 heterocycles. The molecule has 0 bridgehead atoms. The van der Waals surface area contributed by atoms with E-state index in [4.69, 9.17) is 14.0 Å². The summed E-state index contributed by atoms with van der Waals surface area (Å²) in [6.45, 7) is 2.86. The van der Waals surface area contributed by atoms with E-state index in [1.165, 1.54) is 0 Å². The lowest BCUT2D eigenvalue weighted by Crippen LogP contribution is -2.32. The summed E-state index contributed by atoms with van der Waals surface area (Å²) in [6, 6.07) is 7.60. The Labute approximate surface area is 154 Å². The van der Waals surface area contributed by atoms with E-state index in [1.807, 2.05) is 29.2 Å². The van der Waals surface area contributed by atoms with Crippen LogP contribution >= 0.6 is 0 Å². The highest BCUT2D eigenvalue weighted by atomic mass is 16.5. The van der Waals surface area contributed by atoms with Crippen molar-refractivity contribution in [2.24, 2.45) is 0 Å². The van der Waals surface area contributed by atoms with Crippen molar-refractivity contribution in [1.29, 1.82) is 0 Å². The number of benzene rings is 1. The molecule has 2 aromatic rings. The molecule has 1 atom stereocenters. The van der Waals surface area contributed by atoms with E-state index in [2.05, 4.69) is 12.1 Å². The topological polar surface area (TPSA) is 64.8 Å². The highest BCUT2D eigenvalue weighted by Crippen LogP contribution is 2.33. The van der Waals surface area contributed by atoms with E-state index >= 15 is 0 Å². The lowest BCUT2D eigenvalue weighted by Gasteiger charge is -2.23. The van der Waals surface area contributed by atoms with Crippen LogP contribution in [-0.4, -0.2) is 36.7 Å². The zero-order valence-corrected chi connectivity index (χ0v) is 15.7. The van der Waals surface area contributed by atoms with Gasteiger partial charge >= 0.3 is 0 Å². The molecule has 1 aliphatic heterocycles. The molecule has 1 fully saturated rings. The van der Waals surface area contributed by atoms with E-state index < -0.39 is 0 Å². The number of ether oxygens (including phenoxy) is 2. The van der Waals surface area contributed by atoms with Crippen molar-refractivity contribution in [2.75, 3.05) is 20.8 Å². The molecule has 6 nitrogen and oxygen atoms in total. The van der Waals surface area contributed by atoms with E-state index in [0.717, 1.165) is 49.2 Å². The van der Waals surface area contributed by atoms with Crippen LogP contribution < -0.4 is 9.47 Å². The fourth-order valence-electron chi connectivity index (χ4n) is 3.49. The Balaban J connectivity index is 1.72. The molecule has 1 aliphatic rings. The number of amides is 1. The van der Waals surface area contributed by atoms with E-state index in [9.17, 15) is 4.79 Å². The minimum atomic E-state index is 0.0111. The SMILES string of the molecule is CCCc1cc(C2CCCN2C(=O)Cc2ccc(OC)c(OC)c2)no1. The van der Waals surface area contributed by atoms with Crippen molar-refractivity contribution in [3.05, 3.63) is 41.3 Å². The molecular formula is C20H26N2O4. The lowest BCUT2D eigenvalue weighted by molar-refractivity contribution is -0.131. The molecule has 0 radical (unpaired) electrons. The molecule has 0 aliphatic carbocycles. The Morgan fingerprint density at radius 1 is 1.27 bits per heavy atom. The Morgan fingerprint density at radius 2 is 2.08 bits per heavy atom. The molecule has 3 rings (SSSR count). The molecule has 26 heavy (non-hydrogen) atoms. The first-order valence-electron chi connectivity index (χ1n) is 9.12. The fraction of sp³-hybridized carbons (Fsp3) is 0.500. The first-order chi connectivity index (χ1) is 12.7. The van der Waals surface area contributed by atoms with Crippen molar-refractivity contribution >= 4 is 5.91 Å². The second kappa shape index (κ2) is 8.25. The van der Waals surface area contributed by atoms with Crippen molar-refractivity contribution in [2.45, 2.75) is 45.1 Å². The van der Waals surface area contributed by atoms with Gasteiger partial charge in [0.1, 0.15) is 11.5 Å². The smallest absolute Gasteiger partial charge is 0.227 e. The van der Waals surface area contributed by atoms with Crippen LogP contribution in [0, 0.1) is 0 Å². The maximum atomic E-state index is 12.9. The van der Waals surface area contributed by atoms with Crippen LogP contribution in [0.2, 0.25) is 0 Å². The molecular weight excluding hydrogens is 332 g/mol. The third-order valence-corrected chi connectivity index (χ3v) is 4.79. The third-order valence-electron chi connectivity index (χ3n) is 4.79. The van der Waals surface area contributed by atoms with Gasteiger partial charge in [0, 0.05) is 19.0 Å². The lowest BCUT2D eigenvalue weighted by atomic mass is 10.1. The number of hydrogen-bond donors (Lipinski definition) is 0. The third kappa shape index (κ3) is 3.84. The number of aromatic nitrogens is 1. The van der Waals surface area contributed by atoms with Gasteiger partial charge in [-0.1, -0.05) is 18.1 Å². The van der Waals surface area contributed by atoms with Gasteiger partial charge in [0.05, 0.1) is 26.7 Å². The number of hydrogen-bond acceptors (Lipinski definition) is 5. The number of methoxy groups -OCH3 is 2. The summed E-state index contributed by atoms with van der Waals surface area (Å²) < 4.78 is 16.0. The average molecular weight is 358 g/mol. The van der Waals surface area contributed by atoms with Crippen LogP contribution in [0.1, 0.15) is 49.2 Å². The normalized spacial score (nSPS) is 16.7. The molecule has 0 N–H and O–H groups in total. The van der Waals surface area contributed by atoms with Crippen molar-refractivity contribution in [3.63, 3.8) is 0 Å². The predicted octanol–water partition coefficient (Wildman–Crippen LogP) is 3.55. The zero-order valence-electron chi connectivity index (χ0n) is 15.7. The monoisotopic (exact) mass is 358 g/mol. The maximum absolute atomic E-state index is 12.9. The summed E-state index contributed by atoms with van der Waals surface area (Å²) in [5, 5.41) is 4.20. The molecule has 0 saturated carbocycles. The van der Waals surface area contributed by atoms with Gasteiger partial charge in [-0.15, -0.1) is 0 Å². The molecule has 1 unspecified atom stereocenters. The molecule has 0 spiro atoms. The number of carbonyl (C=O) groups excluding carboxylic acids is 1. The standard InChI is InChI=1S/C20H26N2O4/c1-4-6-15-13-16(21-26-15)17-7-5-10-22(17)20(23)12-14-8-9-18(24-2)19(11-14)25-3/h8-9,11,13,17H,4-7,10,12H2,1-3H3. The Hall–Kier alpha value is -2.50. The van der Waals surface area contributed by atoms with Gasteiger partial charge in [-0.05, 0) is 37.0 Å². The number of likely N-dealkylation sites (tertiary alicyclic amines) is 1.